The quantitative estimate of drug-likeness (QED) is 0.565. The lowest BCUT2D eigenvalue weighted by atomic mass is 9.95. The number of piperidine rings is 1. The molecule has 0 N–H and O–H groups in total. The van der Waals surface area contributed by atoms with Crippen molar-refractivity contribution in [3.8, 4) is 0 Å². The Kier molecular flexibility index (Phi) is 5.05. The molecule has 0 aliphatic carbocycles. The largest absolute Gasteiger partial charge is 0.458 e. The maximum absolute atomic E-state index is 12.4. The molecule has 0 saturated carbocycles. The van der Waals surface area contributed by atoms with Crippen LogP contribution in [0.2, 0.25) is 0 Å². The molecule has 2 aliphatic rings. The average Bonchev–Trinajstić information content (AvgIpc) is 2.86. The number of hydrogen-bond acceptors (Lipinski definition) is 2. The smallest absolute Gasteiger partial charge is 0.338 e. The van der Waals surface area contributed by atoms with Crippen LogP contribution in [-0.4, -0.2) is 35.7 Å². The first-order valence-electron chi connectivity index (χ1n) is 10.3. The van der Waals surface area contributed by atoms with E-state index in [0.29, 0.717) is 17.6 Å². The summed E-state index contributed by atoms with van der Waals surface area (Å²) in [6.45, 7) is 3.28. The predicted octanol–water partition coefficient (Wildman–Crippen LogP) is 4.75. The predicted molar refractivity (Wildman–Crippen MR) is 107 cm³/mol. The standard InChI is InChI=1S/C24H30NO2/c1-3-18-9-11-19(12-10-18)17-25(2)21-13-14-22(25)16-23(15-21)27-24(26)20-7-5-4-6-8-20/h4-12,21-23H,3,13-17H2,1-2H3/q+1/t21-,22+,23?,25?. The molecule has 0 amide bonds. The van der Waals surface area contributed by atoms with Gasteiger partial charge in [-0.25, -0.2) is 4.79 Å². The molecule has 0 aromatic heterocycles. The van der Waals surface area contributed by atoms with Crippen LogP contribution >= 0.6 is 0 Å². The van der Waals surface area contributed by atoms with Gasteiger partial charge in [-0.2, -0.15) is 0 Å². The van der Waals surface area contributed by atoms with Crippen molar-refractivity contribution < 1.29 is 14.0 Å². The van der Waals surface area contributed by atoms with Gasteiger partial charge in [0, 0.05) is 31.2 Å². The zero-order valence-electron chi connectivity index (χ0n) is 16.4. The van der Waals surface area contributed by atoms with Gasteiger partial charge in [-0.15, -0.1) is 0 Å². The molecular formula is C24H30NO2+. The van der Waals surface area contributed by atoms with Gasteiger partial charge in [0.15, 0.2) is 0 Å². The van der Waals surface area contributed by atoms with Gasteiger partial charge in [-0.1, -0.05) is 49.4 Å². The summed E-state index contributed by atoms with van der Waals surface area (Å²) in [5.41, 5.74) is 3.48. The fourth-order valence-electron chi connectivity index (χ4n) is 5.12. The van der Waals surface area contributed by atoms with Gasteiger partial charge in [0.1, 0.15) is 12.6 Å². The number of ether oxygens (including phenoxy) is 1. The summed E-state index contributed by atoms with van der Waals surface area (Å²) in [5.74, 6) is -0.175. The molecule has 2 aromatic carbocycles. The lowest BCUT2D eigenvalue weighted by Crippen LogP contribution is -2.58. The van der Waals surface area contributed by atoms with Crippen LogP contribution in [0, 0.1) is 0 Å². The van der Waals surface area contributed by atoms with Gasteiger partial charge in [-0.05, 0) is 24.1 Å². The summed E-state index contributed by atoms with van der Waals surface area (Å²) in [5, 5.41) is 0. The zero-order valence-corrected chi connectivity index (χ0v) is 16.4. The molecule has 2 saturated heterocycles. The summed E-state index contributed by atoms with van der Waals surface area (Å²) in [4.78, 5) is 12.4. The summed E-state index contributed by atoms with van der Waals surface area (Å²) in [6, 6.07) is 19.7. The third-order valence-corrected chi connectivity index (χ3v) is 6.81. The first kappa shape index (κ1) is 18.2. The highest BCUT2D eigenvalue weighted by Crippen LogP contribution is 2.43. The van der Waals surface area contributed by atoms with E-state index >= 15 is 0 Å². The van der Waals surface area contributed by atoms with Gasteiger partial charge >= 0.3 is 5.97 Å². The Bertz CT molecular complexity index is 770. The molecule has 2 bridgehead atoms. The fourth-order valence-corrected chi connectivity index (χ4v) is 5.12. The minimum atomic E-state index is -0.175. The SMILES string of the molecule is CCc1ccc(C[N+]2(C)[C@@H]3CC[C@H]2CC(OC(=O)c2ccccc2)C3)cc1. The highest BCUT2D eigenvalue weighted by molar-refractivity contribution is 5.89. The van der Waals surface area contributed by atoms with Crippen LogP contribution < -0.4 is 0 Å². The molecule has 0 radical (unpaired) electrons. The Hall–Kier alpha value is -2.13. The van der Waals surface area contributed by atoms with Crippen LogP contribution in [0.4, 0.5) is 0 Å². The molecule has 3 nitrogen and oxygen atoms in total. The van der Waals surface area contributed by atoms with Gasteiger partial charge in [0.25, 0.3) is 0 Å². The number of esters is 1. The number of aryl methyl sites for hydroxylation is 1. The van der Waals surface area contributed by atoms with Crippen molar-refractivity contribution in [1.82, 2.24) is 0 Å². The van der Waals surface area contributed by atoms with E-state index in [0.717, 1.165) is 30.3 Å². The van der Waals surface area contributed by atoms with Crippen molar-refractivity contribution in [2.24, 2.45) is 0 Å². The minimum Gasteiger partial charge on any atom is -0.458 e. The third-order valence-electron chi connectivity index (χ3n) is 6.81. The molecule has 2 aliphatic heterocycles. The van der Waals surface area contributed by atoms with E-state index in [1.807, 2.05) is 30.3 Å². The molecule has 2 aromatic rings. The van der Waals surface area contributed by atoms with E-state index in [-0.39, 0.29) is 12.1 Å². The minimum absolute atomic E-state index is 0.0591. The summed E-state index contributed by atoms with van der Waals surface area (Å²) in [6.07, 6.45) is 5.61. The number of nitrogens with zero attached hydrogens (tertiary/aromatic N) is 1. The molecule has 2 fully saturated rings. The molecule has 27 heavy (non-hydrogen) atoms. The average molecular weight is 365 g/mol. The first-order valence-corrected chi connectivity index (χ1v) is 10.3. The van der Waals surface area contributed by atoms with E-state index in [9.17, 15) is 4.79 Å². The molecule has 142 valence electrons. The third kappa shape index (κ3) is 3.66. The maximum atomic E-state index is 12.4. The molecule has 4 rings (SSSR count). The normalized spacial score (nSPS) is 29.5. The monoisotopic (exact) mass is 364 g/mol. The van der Waals surface area contributed by atoms with Crippen molar-refractivity contribution in [2.45, 2.75) is 63.8 Å². The molecule has 2 unspecified atom stereocenters. The van der Waals surface area contributed by atoms with Crippen LogP contribution in [-0.2, 0) is 17.7 Å². The van der Waals surface area contributed by atoms with E-state index in [2.05, 4.69) is 38.2 Å². The van der Waals surface area contributed by atoms with E-state index in [1.54, 1.807) is 0 Å². The van der Waals surface area contributed by atoms with Gasteiger partial charge in [0.2, 0.25) is 0 Å². The Labute approximate surface area is 162 Å². The highest BCUT2D eigenvalue weighted by Gasteiger charge is 2.52. The number of hydrogen-bond donors (Lipinski definition) is 0. The second-order valence-electron chi connectivity index (χ2n) is 8.42. The number of carbonyl (C=O) groups is 1. The Morgan fingerprint density at radius 1 is 0.963 bits per heavy atom. The van der Waals surface area contributed by atoms with E-state index < -0.39 is 0 Å². The van der Waals surface area contributed by atoms with Crippen LogP contribution in [0.3, 0.4) is 0 Å². The van der Waals surface area contributed by atoms with Crippen molar-refractivity contribution >= 4 is 5.97 Å². The van der Waals surface area contributed by atoms with E-state index in [4.69, 9.17) is 4.74 Å². The number of fused-ring (bicyclic) bond motifs is 2. The topological polar surface area (TPSA) is 26.3 Å². The Morgan fingerprint density at radius 2 is 1.56 bits per heavy atom. The van der Waals surface area contributed by atoms with Crippen molar-refractivity contribution in [3.63, 3.8) is 0 Å². The number of benzene rings is 2. The summed E-state index contributed by atoms with van der Waals surface area (Å²) < 4.78 is 6.99. The fraction of sp³-hybridized carbons (Fsp3) is 0.458. The summed E-state index contributed by atoms with van der Waals surface area (Å²) >= 11 is 0. The van der Waals surface area contributed by atoms with Crippen LogP contribution in [0.5, 0.6) is 0 Å². The van der Waals surface area contributed by atoms with Crippen LogP contribution in [0.1, 0.15) is 54.1 Å². The van der Waals surface area contributed by atoms with Crippen molar-refractivity contribution in [2.75, 3.05) is 7.05 Å². The molecular weight excluding hydrogens is 334 g/mol. The van der Waals surface area contributed by atoms with Crippen molar-refractivity contribution in [1.29, 1.82) is 0 Å². The zero-order chi connectivity index (χ0) is 18.9. The molecule has 0 spiro atoms. The van der Waals surface area contributed by atoms with Crippen LogP contribution in [0.15, 0.2) is 54.6 Å². The maximum Gasteiger partial charge on any atom is 0.338 e. The number of carbonyl (C=O) groups excluding carboxylic acids is 1. The van der Waals surface area contributed by atoms with Gasteiger partial charge in [-0.3, -0.25) is 0 Å². The highest BCUT2D eigenvalue weighted by atomic mass is 16.5. The second-order valence-corrected chi connectivity index (χ2v) is 8.42. The lowest BCUT2D eigenvalue weighted by Gasteiger charge is -2.47. The number of quaternary nitrogens is 1. The second kappa shape index (κ2) is 7.47. The Morgan fingerprint density at radius 3 is 2.15 bits per heavy atom. The number of rotatable bonds is 5. The van der Waals surface area contributed by atoms with E-state index in [1.165, 1.54) is 24.0 Å². The molecule has 2 heterocycles. The lowest BCUT2D eigenvalue weighted by molar-refractivity contribution is -0.961. The molecule has 4 atom stereocenters. The Balaban J connectivity index is 1.42. The summed E-state index contributed by atoms with van der Waals surface area (Å²) in [7, 11) is 2.41. The molecule has 3 heteroatoms. The van der Waals surface area contributed by atoms with Gasteiger partial charge in [0.05, 0.1) is 24.7 Å². The van der Waals surface area contributed by atoms with Crippen molar-refractivity contribution in [3.05, 3.63) is 71.3 Å². The first-order chi connectivity index (χ1) is 13.1. The van der Waals surface area contributed by atoms with Gasteiger partial charge < -0.3 is 9.22 Å². The van der Waals surface area contributed by atoms with Crippen LogP contribution in [0.25, 0.3) is 0 Å².